The van der Waals surface area contributed by atoms with E-state index in [2.05, 4.69) is 0 Å². The molecule has 1 aromatic carbocycles. The highest BCUT2D eigenvalue weighted by molar-refractivity contribution is 5.66. The fourth-order valence-electron chi connectivity index (χ4n) is 2.39. The van der Waals surface area contributed by atoms with Crippen molar-refractivity contribution in [2.24, 2.45) is 0 Å². The van der Waals surface area contributed by atoms with E-state index in [0.717, 1.165) is 37.2 Å². The van der Waals surface area contributed by atoms with Crippen molar-refractivity contribution in [1.82, 2.24) is 0 Å². The van der Waals surface area contributed by atoms with Crippen LogP contribution in [0.3, 0.4) is 0 Å². The molecule has 0 aromatic heterocycles. The van der Waals surface area contributed by atoms with Crippen LogP contribution in [0.25, 0.3) is 0 Å². The molecule has 1 fully saturated rings. The smallest absolute Gasteiger partial charge is 0.303 e. The van der Waals surface area contributed by atoms with Gasteiger partial charge in [0.25, 0.3) is 0 Å². The second-order valence-corrected chi connectivity index (χ2v) is 5.19. The molecule has 1 atom stereocenters. The van der Waals surface area contributed by atoms with Crippen LogP contribution in [-0.2, 0) is 16.0 Å². The Bertz CT molecular complexity index is 466. The fraction of sp³-hybridized carbons (Fsp3) is 0.562. The van der Waals surface area contributed by atoms with E-state index in [1.807, 2.05) is 18.2 Å². The van der Waals surface area contributed by atoms with Gasteiger partial charge in [0, 0.05) is 13.0 Å². The zero-order chi connectivity index (χ0) is 15.1. The van der Waals surface area contributed by atoms with Crippen LogP contribution < -0.4 is 9.47 Å². The van der Waals surface area contributed by atoms with Crippen LogP contribution in [0, 0.1) is 0 Å². The Hall–Kier alpha value is -1.75. The van der Waals surface area contributed by atoms with E-state index in [-0.39, 0.29) is 12.5 Å². The van der Waals surface area contributed by atoms with Crippen molar-refractivity contribution in [2.45, 2.75) is 38.2 Å². The van der Waals surface area contributed by atoms with Gasteiger partial charge in [0.05, 0.1) is 13.7 Å². The average Bonchev–Trinajstić information content (AvgIpc) is 2.49. The molecule has 5 nitrogen and oxygen atoms in total. The van der Waals surface area contributed by atoms with Gasteiger partial charge >= 0.3 is 5.97 Å². The normalized spacial score (nSPS) is 18.2. The van der Waals surface area contributed by atoms with E-state index in [4.69, 9.17) is 19.3 Å². The third-order valence-electron chi connectivity index (χ3n) is 3.50. The zero-order valence-electron chi connectivity index (χ0n) is 12.3. The number of methoxy groups -OCH3 is 1. The van der Waals surface area contributed by atoms with E-state index >= 15 is 0 Å². The standard InChI is InChI=1S/C16H22O5/c1-19-15-10-12(4-2-6-16(17)18)7-8-14(15)21-13-5-3-9-20-11-13/h7-8,10,13H,2-6,9,11H2,1H3,(H,17,18). The third kappa shape index (κ3) is 4.93. The molecule has 1 unspecified atom stereocenters. The Morgan fingerprint density at radius 2 is 2.29 bits per heavy atom. The molecular formula is C16H22O5. The van der Waals surface area contributed by atoms with Gasteiger partial charge in [-0.1, -0.05) is 6.07 Å². The summed E-state index contributed by atoms with van der Waals surface area (Å²) in [6, 6.07) is 5.77. The molecular weight excluding hydrogens is 272 g/mol. The molecule has 1 heterocycles. The van der Waals surface area contributed by atoms with Gasteiger partial charge in [-0.25, -0.2) is 0 Å². The van der Waals surface area contributed by atoms with Crippen molar-refractivity contribution in [2.75, 3.05) is 20.3 Å². The lowest BCUT2D eigenvalue weighted by molar-refractivity contribution is -0.137. The molecule has 0 saturated carbocycles. The number of aryl methyl sites for hydroxylation is 1. The molecule has 1 aromatic rings. The quantitative estimate of drug-likeness (QED) is 0.837. The molecule has 116 valence electrons. The lowest BCUT2D eigenvalue weighted by atomic mass is 10.1. The Morgan fingerprint density at radius 1 is 1.43 bits per heavy atom. The number of carboxylic acids is 1. The van der Waals surface area contributed by atoms with Crippen molar-refractivity contribution in [3.05, 3.63) is 23.8 Å². The third-order valence-corrected chi connectivity index (χ3v) is 3.50. The SMILES string of the molecule is COc1cc(CCCC(=O)O)ccc1OC1CCCOC1. The Labute approximate surface area is 124 Å². The summed E-state index contributed by atoms with van der Waals surface area (Å²) in [7, 11) is 1.61. The number of hydrogen-bond acceptors (Lipinski definition) is 4. The minimum atomic E-state index is -0.765. The van der Waals surface area contributed by atoms with Crippen LogP contribution in [-0.4, -0.2) is 37.5 Å². The summed E-state index contributed by atoms with van der Waals surface area (Å²) in [5.74, 6) is 0.641. The summed E-state index contributed by atoms with van der Waals surface area (Å²) < 4.78 is 16.7. The van der Waals surface area contributed by atoms with Gasteiger partial charge in [-0.2, -0.15) is 0 Å². The van der Waals surface area contributed by atoms with Crippen molar-refractivity contribution in [3.63, 3.8) is 0 Å². The van der Waals surface area contributed by atoms with E-state index in [9.17, 15) is 4.79 Å². The maximum Gasteiger partial charge on any atom is 0.303 e. The van der Waals surface area contributed by atoms with Crippen molar-refractivity contribution in [1.29, 1.82) is 0 Å². The van der Waals surface area contributed by atoms with Gasteiger partial charge in [0.1, 0.15) is 6.10 Å². The second kappa shape index (κ2) is 7.88. The maximum atomic E-state index is 10.5. The molecule has 2 rings (SSSR count). The molecule has 0 radical (unpaired) electrons. The first-order chi connectivity index (χ1) is 10.2. The predicted molar refractivity (Wildman–Crippen MR) is 78.0 cm³/mol. The van der Waals surface area contributed by atoms with Crippen molar-refractivity contribution in [3.8, 4) is 11.5 Å². The number of aliphatic carboxylic acids is 1. The minimum absolute atomic E-state index is 0.0745. The van der Waals surface area contributed by atoms with Crippen molar-refractivity contribution >= 4 is 5.97 Å². The molecule has 1 aliphatic rings. The van der Waals surface area contributed by atoms with Crippen LogP contribution in [0.15, 0.2) is 18.2 Å². The number of carbonyl (C=O) groups is 1. The lowest BCUT2D eigenvalue weighted by Gasteiger charge is -2.24. The first-order valence-corrected chi connectivity index (χ1v) is 7.32. The number of benzene rings is 1. The summed E-state index contributed by atoms with van der Waals surface area (Å²) >= 11 is 0. The monoisotopic (exact) mass is 294 g/mol. The van der Waals surface area contributed by atoms with Crippen LogP contribution >= 0.6 is 0 Å². The zero-order valence-corrected chi connectivity index (χ0v) is 12.3. The number of ether oxygens (including phenoxy) is 3. The highest BCUT2D eigenvalue weighted by atomic mass is 16.5. The highest BCUT2D eigenvalue weighted by Gasteiger charge is 2.17. The maximum absolute atomic E-state index is 10.5. The summed E-state index contributed by atoms with van der Waals surface area (Å²) in [4.78, 5) is 10.5. The molecule has 0 bridgehead atoms. The number of rotatable bonds is 7. The fourth-order valence-corrected chi connectivity index (χ4v) is 2.39. The van der Waals surface area contributed by atoms with Gasteiger partial charge in [-0.15, -0.1) is 0 Å². The molecule has 21 heavy (non-hydrogen) atoms. The summed E-state index contributed by atoms with van der Waals surface area (Å²) in [6.45, 7) is 1.42. The first kappa shape index (κ1) is 15.6. The summed E-state index contributed by atoms with van der Waals surface area (Å²) in [5, 5.41) is 8.66. The van der Waals surface area contributed by atoms with Gasteiger partial charge in [0.15, 0.2) is 11.5 Å². The Kier molecular flexibility index (Phi) is 5.87. The molecule has 1 saturated heterocycles. The van der Waals surface area contributed by atoms with Crippen LogP contribution in [0.4, 0.5) is 0 Å². The average molecular weight is 294 g/mol. The highest BCUT2D eigenvalue weighted by Crippen LogP contribution is 2.30. The summed E-state index contributed by atoms with van der Waals surface area (Å²) in [5.41, 5.74) is 1.06. The van der Waals surface area contributed by atoms with Crippen LogP contribution in [0.5, 0.6) is 11.5 Å². The second-order valence-electron chi connectivity index (χ2n) is 5.19. The van der Waals surface area contributed by atoms with Crippen LogP contribution in [0.1, 0.15) is 31.2 Å². The Morgan fingerprint density at radius 3 is 2.95 bits per heavy atom. The molecule has 1 aliphatic heterocycles. The lowest BCUT2D eigenvalue weighted by Crippen LogP contribution is -2.28. The van der Waals surface area contributed by atoms with Gasteiger partial charge < -0.3 is 19.3 Å². The number of carboxylic acid groups (broad SMARTS) is 1. The van der Waals surface area contributed by atoms with Gasteiger partial charge in [-0.05, 0) is 43.4 Å². The van der Waals surface area contributed by atoms with Gasteiger partial charge in [0.2, 0.25) is 0 Å². The van der Waals surface area contributed by atoms with E-state index in [1.54, 1.807) is 7.11 Å². The molecule has 0 amide bonds. The molecule has 0 aliphatic carbocycles. The molecule has 0 spiro atoms. The summed E-state index contributed by atoms with van der Waals surface area (Å²) in [6.07, 6.45) is 3.60. The van der Waals surface area contributed by atoms with E-state index < -0.39 is 5.97 Å². The first-order valence-electron chi connectivity index (χ1n) is 7.32. The number of hydrogen-bond donors (Lipinski definition) is 1. The van der Waals surface area contributed by atoms with Crippen molar-refractivity contribution < 1.29 is 24.1 Å². The van der Waals surface area contributed by atoms with E-state index in [1.165, 1.54) is 0 Å². The molecule has 5 heteroatoms. The van der Waals surface area contributed by atoms with Gasteiger partial charge in [-0.3, -0.25) is 4.79 Å². The molecule has 1 N–H and O–H groups in total. The Balaban J connectivity index is 1.96. The largest absolute Gasteiger partial charge is 0.493 e. The van der Waals surface area contributed by atoms with Crippen LogP contribution in [0.2, 0.25) is 0 Å². The van der Waals surface area contributed by atoms with E-state index in [0.29, 0.717) is 18.8 Å². The predicted octanol–water partition coefficient (Wildman–Crippen LogP) is 2.66. The topological polar surface area (TPSA) is 65.0 Å². The minimum Gasteiger partial charge on any atom is -0.493 e.